The molecular formula is C23H18O11. The largest absolute Gasteiger partial charge is 0.490 e. The zero-order chi connectivity index (χ0) is 24.2. The van der Waals surface area contributed by atoms with Crippen molar-refractivity contribution < 1.29 is 43.5 Å². The van der Waals surface area contributed by atoms with Crippen LogP contribution in [0.3, 0.4) is 0 Å². The number of carboxylic acids is 1. The molecule has 0 fully saturated rings. The van der Waals surface area contributed by atoms with Crippen LogP contribution in [0.15, 0.2) is 67.0 Å². The highest BCUT2D eigenvalue weighted by Gasteiger charge is 2.16. The maximum atomic E-state index is 12.4. The monoisotopic (exact) mass is 470 g/mol. The van der Waals surface area contributed by atoms with Crippen molar-refractivity contribution in [1.82, 2.24) is 0 Å². The van der Waals surface area contributed by atoms with E-state index in [9.17, 15) is 19.5 Å². The molecule has 11 heteroatoms. The van der Waals surface area contributed by atoms with Crippen molar-refractivity contribution in [3.8, 4) is 11.5 Å². The minimum Gasteiger partial charge on any atom is -0.490 e. The number of benzene rings is 2. The lowest BCUT2D eigenvalue weighted by Gasteiger charge is -2.15. The Morgan fingerprint density at radius 2 is 1.44 bits per heavy atom. The van der Waals surface area contributed by atoms with Crippen molar-refractivity contribution in [3.63, 3.8) is 0 Å². The van der Waals surface area contributed by atoms with Gasteiger partial charge in [-0.15, -0.1) is 0 Å². The highest BCUT2D eigenvalue weighted by atomic mass is 17.1. The first-order valence-electron chi connectivity index (χ1n) is 9.93. The van der Waals surface area contributed by atoms with E-state index < -0.39 is 28.7 Å². The van der Waals surface area contributed by atoms with Crippen molar-refractivity contribution >= 4 is 27.9 Å². The van der Waals surface area contributed by atoms with E-state index in [4.69, 9.17) is 28.7 Å². The molecule has 34 heavy (non-hydrogen) atoms. The van der Waals surface area contributed by atoms with Gasteiger partial charge in [-0.1, -0.05) is 12.1 Å². The Hall–Kier alpha value is -4.19. The standard InChI is InChI=1S/C23H18O11/c24-12(9-30-16-3-1-5-18-21(16)14(25)7-13(33-18)11-32-29)10-31-17-4-2-6-19-22(17)15(26)8-20(34-19)23(27)28/h1-8,12,24,29H,9-11H2,(H,27,28). The van der Waals surface area contributed by atoms with Crippen molar-refractivity contribution in [2.24, 2.45) is 0 Å². The number of fused-ring (bicyclic) bond motifs is 2. The van der Waals surface area contributed by atoms with Gasteiger partial charge in [0.2, 0.25) is 5.76 Å². The van der Waals surface area contributed by atoms with Crippen LogP contribution in [0, 0.1) is 0 Å². The van der Waals surface area contributed by atoms with Gasteiger partial charge < -0.3 is 28.5 Å². The van der Waals surface area contributed by atoms with Crippen LogP contribution in [0.2, 0.25) is 0 Å². The van der Waals surface area contributed by atoms with Crippen LogP contribution in [-0.2, 0) is 11.5 Å². The molecule has 0 aliphatic carbocycles. The van der Waals surface area contributed by atoms with Crippen molar-refractivity contribution in [3.05, 3.63) is 80.5 Å². The van der Waals surface area contributed by atoms with Crippen LogP contribution >= 0.6 is 0 Å². The van der Waals surface area contributed by atoms with E-state index in [0.717, 1.165) is 12.1 Å². The Kier molecular flexibility index (Phi) is 6.59. The number of ether oxygens (including phenoxy) is 2. The average Bonchev–Trinajstić information content (AvgIpc) is 2.81. The third-order valence-corrected chi connectivity index (χ3v) is 4.76. The molecule has 1 unspecified atom stereocenters. The molecule has 0 bridgehead atoms. The first-order chi connectivity index (χ1) is 16.4. The fraction of sp³-hybridized carbons (Fsp3) is 0.174. The van der Waals surface area contributed by atoms with Crippen molar-refractivity contribution in [2.75, 3.05) is 13.2 Å². The zero-order valence-corrected chi connectivity index (χ0v) is 17.4. The van der Waals surface area contributed by atoms with E-state index in [1.807, 2.05) is 0 Å². The first kappa shape index (κ1) is 23.0. The zero-order valence-electron chi connectivity index (χ0n) is 17.4. The Bertz CT molecular complexity index is 1470. The van der Waals surface area contributed by atoms with E-state index in [0.29, 0.717) is 0 Å². The maximum Gasteiger partial charge on any atom is 0.371 e. The normalized spacial score (nSPS) is 12.1. The quantitative estimate of drug-likeness (QED) is 0.243. The second kappa shape index (κ2) is 9.75. The van der Waals surface area contributed by atoms with E-state index in [-0.39, 0.29) is 59.0 Å². The Morgan fingerprint density at radius 3 is 2.00 bits per heavy atom. The third kappa shape index (κ3) is 4.76. The molecule has 2 aromatic heterocycles. The lowest BCUT2D eigenvalue weighted by Crippen LogP contribution is -2.25. The first-order valence-corrected chi connectivity index (χ1v) is 9.93. The van der Waals surface area contributed by atoms with Gasteiger partial charge >= 0.3 is 5.97 Å². The minimum atomic E-state index is -1.38. The number of aliphatic hydroxyl groups excluding tert-OH is 1. The molecule has 0 radical (unpaired) electrons. The third-order valence-electron chi connectivity index (χ3n) is 4.76. The summed E-state index contributed by atoms with van der Waals surface area (Å²) in [6, 6.07) is 11.1. The number of carboxylic acid groups (broad SMARTS) is 1. The molecule has 0 spiro atoms. The molecule has 0 aliphatic rings. The predicted molar refractivity (Wildman–Crippen MR) is 116 cm³/mol. The number of hydrogen-bond acceptors (Lipinski definition) is 10. The second-order valence-electron chi connectivity index (χ2n) is 7.16. The number of carbonyl (C=O) groups is 1. The van der Waals surface area contributed by atoms with Gasteiger partial charge in [-0.05, 0) is 24.3 Å². The molecule has 4 rings (SSSR count). The van der Waals surface area contributed by atoms with Crippen molar-refractivity contribution in [1.29, 1.82) is 0 Å². The fourth-order valence-electron chi connectivity index (χ4n) is 3.31. The van der Waals surface area contributed by atoms with E-state index in [2.05, 4.69) is 4.89 Å². The Labute approximate surface area is 189 Å². The molecular weight excluding hydrogens is 452 g/mol. The molecule has 4 aromatic rings. The van der Waals surface area contributed by atoms with Crippen LogP contribution in [0.25, 0.3) is 21.9 Å². The summed E-state index contributed by atoms with van der Waals surface area (Å²) in [5.74, 6) is -1.47. The molecule has 2 heterocycles. The summed E-state index contributed by atoms with van der Waals surface area (Å²) in [5.41, 5.74) is -0.779. The van der Waals surface area contributed by atoms with Crippen LogP contribution < -0.4 is 20.3 Å². The second-order valence-corrected chi connectivity index (χ2v) is 7.16. The molecule has 1 atom stereocenters. The van der Waals surface area contributed by atoms with Crippen LogP contribution in [0.4, 0.5) is 0 Å². The number of rotatable bonds is 9. The summed E-state index contributed by atoms with van der Waals surface area (Å²) in [7, 11) is 0. The molecule has 3 N–H and O–H groups in total. The van der Waals surface area contributed by atoms with Gasteiger partial charge in [0.05, 0.1) is 0 Å². The summed E-state index contributed by atoms with van der Waals surface area (Å²) < 4.78 is 21.8. The summed E-state index contributed by atoms with van der Waals surface area (Å²) in [4.78, 5) is 39.9. The number of aliphatic hydroxyl groups is 1. The predicted octanol–water partition coefficient (Wildman–Crippen LogP) is 2.41. The van der Waals surface area contributed by atoms with Gasteiger partial charge in [-0.3, -0.25) is 14.8 Å². The molecule has 11 nitrogen and oxygen atoms in total. The summed E-state index contributed by atoms with van der Waals surface area (Å²) in [6.07, 6.45) is -1.15. The van der Waals surface area contributed by atoms with Gasteiger partial charge in [-0.25, -0.2) is 9.68 Å². The molecule has 2 aromatic carbocycles. The number of hydrogen-bond donors (Lipinski definition) is 3. The SMILES string of the molecule is O=C(O)c1cc(=O)c2c(OCC(O)COc3cccc4oc(COO)cc(=O)c34)cccc2o1. The molecule has 0 amide bonds. The van der Waals surface area contributed by atoms with Gasteiger partial charge in [0.1, 0.15) is 65.1 Å². The van der Waals surface area contributed by atoms with E-state index >= 15 is 0 Å². The van der Waals surface area contributed by atoms with Gasteiger partial charge in [0.15, 0.2) is 10.9 Å². The number of aromatic carboxylic acids is 1. The molecule has 176 valence electrons. The van der Waals surface area contributed by atoms with Gasteiger partial charge in [0, 0.05) is 12.1 Å². The summed E-state index contributed by atoms with van der Waals surface area (Å²) in [6.45, 7) is -0.810. The molecule has 0 aliphatic heterocycles. The smallest absolute Gasteiger partial charge is 0.371 e. The fourth-order valence-corrected chi connectivity index (χ4v) is 3.31. The van der Waals surface area contributed by atoms with E-state index in [1.165, 1.54) is 24.3 Å². The highest BCUT2D eigenvalue weighted by Crippen LogP contribution is 2.25. The van der Waals surface area contributed by atoms with Crippen LogP contribution in [0.1, 0.15) is 16.3 Å². The van der Waals surface area contributed by atoms with Crippen molar-refractivity contribution in [2.45, 2.75) is 12.7 Å². The van der Waals surface area contributed by atoms with Gasteiger partial charge in [0.25, 0.3) is 0 Å². The topological polar surface area (TPSA) is 166 Å². The lowest BCUT2D eigenvalue weighted by molar-refractivity contribution is -0.256. The maximum absolute atomic E-state index is 12.4. The summed E-state index contributed by atoms with van der Waals surface area (Å²) in [5, 5.41) is 28.1. The Balaban J connectivity index is 1.47. The lowest BCUT2D eigenvalue weighted by atomic mass is 10.2. The highest BCUT2D eigenvalue weighted by molar-refractivity contribution is 5.89. The van der Waals surface area contributed by atoms with Gasteiger partial charge in [-0.2, -0.15) is 0 Å². The van der Waals surface area contributed by atoms with E-state index in [1.54, 1.807) is 12.1 Å². The van der Waals surface area contributed by atoms with Crippen LogP contribution in [0.5, 0.6) is 11.5 Å². The average molecular weight is 470 g/mol. The molecule has 0 saturated carbocycles. The minimum absolute atomic E-state index is 0.0292. The summed E-state index contributed by atoms with van der Waals surface area (Å²) >= 11 is 0. The Morgan fingerprint density at radius 1 is 0.882 bits per heavy atom. The van der Waals surface area contributed by atoms with Crippen LogP contribution in [-0.4, -0.2) is 40.8 Å². The molecule has 0 saturated heterocycles.